The van der Waals surface area contributed by atoms with E-state index in [1.165, 1.54) is 0 Å². The third kappa shape index (κ3) is 2.73. The molecule has 5 heteroatoms. The summed E-state index contributed by atoms with van der Waals surface area (Å²) in [6.45, 7) is 5.34. The SMILES string of the molecule is CCCC(=O)C1C(=O)CC2(C(=O)OC(C)C)CCCC2C1=O. The van der Waals surface area contributed by atoms with E-state index in [-0.39, 0.29) is 30.5 Å². The summed E-state index contributed by atoms with van der Waals surface area (Å²) in [4.78, 5) is 49.7. The molecular formula is C17H24O5. The number of ether oxygens (including phenoxy) is 1. The van der Waals surface area contributed by atoms with E-state index in [1.807, 2.05) is 6.92 Å². The number of carbonyl (C=O) groups excluding carboxylic acids is 4. The van der Waals surface area contributed by atoms with E-state index in [0.29, 0.717) is 25.7 Å². The second-order valence-corrected chi connectivity index (χ2v) is 6.75. The van der Waals surface area contributed by atoms with Crippen molar-refractivity contribution in [2.75, 3.05) is 0 Å². The van der Waals surface area contributed by atoms with Crippen molar-refractivity contribution < 1.29 is 23.9 Å². The van der Waals surface area contributed by atoms with Gasteiger partial charge in [0.25, 0.3) is 0 Å². The highest BCUT2D eigenvalue weighted by molar-refractivity contribution is 6.23. The standard InChI is InChI=1S/C17H24O5/c1-4-6-12(18)14-13(19)9-17(16(21)22-10(2)3)8-5-7-11(17)15(14)20/h10-11,14H,4-9H2,1-3H3. The molecule has 2 aliphatic carbocycles. The zero-order valence-electron chi connectivity index (χ0n) is 13.5. The Balaban J connectivity index is 2.29. The molecule has 2 saturated carbocycles. The van der Waals surface area contributed by atoms with Crippen LogP contribution in [-0.2, 0) is 23.9 Å². The van der Waals surface area contributed by atoms with E-state index in [9.17, 15) is 19.2 Å². The van der Waals surface area contributed by atoms with Crippen LogP contribution in [0.15, 0.2) is 0 Å². The topological polar surface area (TPSA) is 77.5 Å². The van der Waals surface area contributed by atoms with Crippen LogP contribution in [0.2, 0.25) is 0 Å². The summed E-state index contributed by atoms with van der Waals surface area (Å²) in [7, 11) is 0. The molecule has 0 spiro atoms. The first kappa shape index (κ1) is 16.8. The molecule has 0 saturated heterocycles. The molecule has 5 nitrogen and oxygen atoms in total. The Morgan fingerprint density at radius 2 is 2.00 bits per heavy atom. The monoisotopic (exact) mass is 308 g/mol. The van der Waals surface area contributed by atoms with Crippen molar-refractivity contribution in [1.29, 1.82) is 0 Å². The Bertz CT molecular complexity index is 507. The Labute approximate surface area is 130 Å². The maximum Gasteiger partial charge on any atom is 0.313 e. The second-order valence-electron chi connectivity index (χ2n) is 6.75. The van der Waals surface area contributed by atoms with Crippen LogP contribution in [0.3, 0.4) is 0 Å². The van der Waals surface area contributed by atoms with E-state index in [4.69, 9.17) is 4.74 Å². The third-order valence-corrected chi connectivity index (χ3v) is 4.79. The highest BCUT2D eigenvalue weighted by Crippen LogP contribution is 2.52. The first-order chi connectivity index (χ1) is 10.3. The van der Waals surface area contributed by atoms with Gasteiger partial charge >= 0.3 is 5.97 Å². The van der Waals surface area contributed by atoms with Gasteiger partial charge in [-0.2, -0.15) is 0 Å². The molecule has 0 aromatic carbocycles. The van der Waals surface area contributed by atoms with Crippen LogP contribution >= 0.6 is 0 Å². The number of carbonyl (C=O) groups is 4. The van der Waals surface area contributed by atoms with E-state index < -0.39 is 29.0 Å². The van der Waals surface area contributed by atoms with Gasteiger partial charge in [0.1, 0.15) is 5.92 Å². The zero-order chi connectivity index (χ0) is 16.5. The highest BCUT2D eigenvalue weighted by Gasteiger charge is 2.60. The summed E-state index contributed by atoms with van der Waals surface area (Å²) in [6, 6.07) is 0. The molecule has 0 bridgehead atoms. The van der Waals surface area contributed by atoms with Crippen LogP contribution in [-0.4, -0.2) is 29.4 Å². The van der Waals surface area contributed by atoms with Crippen LogP contribution in [0.1, 0.15) is 59.3 Å². The van der Waals surface area contributed by atoms with Gasteiger partial charge in [0.15, 0.2) is 17.3 Å². The van der Waals surface area contributed by atoms with Gasteiger partial charge in [-0.3, -0.25) is 19.2 Å². The molecule has 0 amide bonds. The van der Waals surface area contributed by atoms with Crippen molar-refractivity contribution >= 4 is 23.3 Å². The molecule has 3 atom stereocenters. The maximum absolute atomic E-state index is 12.7. The second kappa shape index (κ2) is 6.31. The minimum atomic E-state index is -1.15. The molecule has 0 radical (unpaired) electrons. The average Bonchev–Trinajstić information content (AvgIpc) is 2.83. The number of Topliss-reactive ketones (excluding diaryl/α,β-unsaturated/α-hetero) is 3. The molecular weight excluding hydrogens is 284 g/mol. The predicted octanol–water partition coefficient (Wildman–Crippen LogP) is 2.25. The quantitative estimate of drug-likeness (QED) is 0.575. The number of fused-ring (bicyclic) bond motifs is 1. The van der Waals surface area contributed by atoms with Crippen LogP contribution < -0.4 is 0 Å². The van der Waals surface area contributed by atoms with E-state index >= 15 is 0 Å². The first-order valence-corrected chi connectivity index (χ1v) is 8.13. The molecule has 0 aromatic rings. The van der Waals surface area contributed by atoms with Gasteiger partial charge < -0.3 is 4.74 Å². The van der Waals surface area contributed by atoms with Gasteiger partial charge in [-0.25, -0.2) is 0 Å². The lowest BCUT2D eigenvalue weighted by atomic mass is 9.62. The van der Waals surface area contributed by atoms with Gasteiger partial charge in [0, 0.05) is 18.8 Å². The fourth-order valence-electron chi connectivity index (χ4n) is 3.85. The van der Waals surface area contributed by atoms with Crippen LogP contribution in [0.5, 0.6) is 0 Å². The molecule has 2 rings (SSSR count). The lowest BCUT2D eigenvalue weighted by Gasteiger charge is -2.38. The van der Waals surface area contributed by atoms with E-state index in [1.54, 1.807) is 13.8 Å². The Hall–Kier alpha value is -1.52. The van der Waals surface area contributed by atoms with E-state index in [0.717, 1.165) is 0 Å². The molecule has 0 aliphatic heterocycles. The normalized spacial score (nSPS) is 31.3. The van der Waals surface area contributed by atoms with Gasteiger partial charge in [-0.1, -0.05) is 13.3 Å². The fourth-order valence-corrected chi connectivity index (χ4v) is 3.85. The summed E-state index contributed by atoms with van der Waals surface area (Å²) in [5, 5.41) is 0. The third-order valence-electron chi connectivity index (χ3n) is 4.79. The molecule has 3 unspecified atom stereocenters. The van der Waals surface area contributed by atoms with E-state index in [2.05, 4.69) is 0 Å². The summed E-state index contributed by atoms with van der Waals surface area (Å²) < 4.78 is 5.31. The molecule has 0 aromatic heterocycles. The average molecular weight is 308 g/mol. The van der Waals surface area contributed by atoms with Gasteiger partial charge in [-0.15, -0.1) is 0 Å². The number of ketones is 3. The van der Waals surface area contributed by atoms with Crippen molar-refractivity contribution in [3.05, 3.63) is 0 Å². The smallest absolute Gasteiger partial charge is 0.313 e. The van der Waals surface area contributed by atoms with Crippen molar-refractivity contribution in [2.45, 2.75) is 65.4 Å². The minimum Gasteiger partial charge on any atom is -0.463 e. The van der Waals surface area contributed by atoms with Crippen LogP contribution in [0.25, 0.3) is 0 Å². The largest absolute Gasteiger partial charge is 0.463 e. The van der Waals surface area contributed by atoms with Crippen molar-refractivity contribution in [2.24, 2.45) is 17.3 Å². The minimum absolute atomic E-state index is 0.0327. The molecule has 22 heavy (non-hydrogen) atoms. The van der Waals surface area contributed by atoms with Crippen molar-refractivity contribution in [3.8, 4) is 0 Å². The summed E-state index contributed by atoms with van der Waals surface area (Å²) in [6.07, 6.45) is 2.30. The summed E-state index contributed by atoms with van der Waals surface area (Å²) >= 11 is 0. The van der Waals surface area contributed by atoms with Crippen LogP contribution in [0, 0.1) is 17.3 Å². The number of esters is 1. The Morgan fingerprint density at radius 3 is 2.59 bits per heavy atom. The summed E-state index contributed by atoms with van der Waals surface area (Å²) in [5.41, 5.74) is -1.03. The molecule has 2 fully saturated rings. The molecule has 122 valence electrons. The maximum atomic E-state index is 12.7. The van der Waals surface area contributed by atoms with Gasteiger partial charge in [0.05, 0.1) is 11.5 Å². The number of hydrogen-bond acceptors (Lipinski definition) is 5. The first-order valence-electron chi connectivity index (χ1n) is 8.13. The Kier molecular flexibility index (Phi) is 4.83. The highest BCUT2D eigenvalue weighted by atomic mass is 16.5. The Morgan fingerprint density at radius 1 is 1.32 bits per heavy atom. The fraction of sp³-hybridized carbons (Fsp3) is 0.765. The lowest BCUT2D eigenvalue weighted by molar-refractivity contribution is -0.171. The number of rotatable bonds is 5. The van der Waals surface area contributed by atoms with Crippen LogP contribution in [0.4, 0.5) is 0 Å². The van der Waals surface area contributed by atoms with Gasteiger partial charge in [0.2, 0.25) is 0 Å². The van der Waals surface area contributed by atoms with Crippen molar-refractivity contribution in [3.63, 3.8) is 0 Å². The van der Waals surface area contributed by atoms with Crippen molar-refractivity contribution in [1.82, 2.24) is 0 Å². The van der Waals surface area contributed by atoms with Gasteiger partial charge in [-0.05, 0) is 33.1 Å². The molecule has 2 aliphatic rings. The lowest BCUT2D eigenvalue weighted by Crippen LogP contribution is -2.52. The molecule has 0 heterocycles. The predicted molar refractivity (Wildman–Crippen MR) is 79.0 cm³/mol. The zero-order valence-corrected chi connectivity index (χ0v) is 13.5. The number of hydrogen-bond donors (Lipinski definition) is 0. The summed E-state index contributed by atoms with van der Waals surface area (Å²) in [5.74, 6) is -3.19. The molecule has 0 N–H and O–H groups in total.